The molecule has 1 aliphatic carbocycles. The summed E-state index contributed by atoms with van der Waals surface area (Å²) in [5, 5.41) is 7.08. The van der Waals surface area contributed by atoms with Gasteiger partial charge < -0.3 is 0 Å². The Morgan fingerprint density at radius 2 is 2.04 bits per heavy atom. The summed E-state index contributed by atoms with van der Waals surface area (Å²) in [5.41, 5.74) is 1.70. The third-order valence-corrected chi connectivity index (χ3v) is 5.75. The molecular formula is C21H29ClN2O. The summed E-state index contributed by atoms with van der Waals surface area (Å²) in [5.74, 6) is 0.983. The smallest absolute Gasteiger partial charge is 0.243 e. The van der Waals surface area contributed by atoms with Gasteiger partial charge in [0.2, 0.25) is 5.91 Å². The van der Waals surface area contributed by atoms with Crippen molar-refractivity contribution >= 4 is 23.2 Å². The number of benzene rings is 1. The Kier molecular flexibility index (Phi) is 5.83. The number of hydrogen-bond acceptors (Lipinski definition) is 2. The highest BCUT2D eigenvalue weighted by molar-refractivity contribution is 6.31. The first-order valence-corrected chi connectivity index (χ1v) is 10.00. The Balaban J connectivity index is 1.60. The summed E-state index contributed by atoms with van der Waals surface area (Å²) >= 11 is 6.10. The van der Waals surface area contributed by atoms with E-state index in [4.69, 9.17) is 11.6 Å². The lowest BCUT2D eigenvalue weighted by Crippen LogP contribution is -2.40. The van der Waals surface area contributed by atoms with Crippen LogP contribution in [0.4, 0.5) is 0 Å². The van der Waals surface area contributed by atoms with Crippen molar-refractivity contribution in [2.24, 2.45) is 11.0 Å². The number of halogens is 1. The van der Waals surface area contributed by atoms with E-state index in [9.17, 15) is 4.79 Å². The van der Waals surface area contributed by atoms with Crippen molar-refractivity contribution in [2.75, 3.05) is 0 Å². The highest BCUT2D eigenvalue weighted by Crippen LogP contribution is 2.32. The Labute approximate surface area is 156 Å². The number of hydrogen-bond donors (Lipinski definition) is 0. The first-order chi connectivity index (χ1) is 12.0. The molecule has 25 heavy (non-hydrogen) atoms. The minimum absolute atomic E-state index is 0.151. The number of nitrogens with zero attached hydrogens (tertiary/aromatic N) is 2. The van der Waals surface area contributed by atoms with Crippen molar-refractivity contribution in [1.82, 2.24) is 5.01 Å². The van der Waals surface area contributed by atoms with E-state index in [0.29, 0.717) is 11.4 Å². The van der Waals surface area contributed by atoms with Crippen molar-refractivity contribution in [3.05, 3.63) is 34.9 Å². The zero-order chi connectivity index (χ0) is 17.9. The number of rotatable bonds is 5. The highest BCUT2D eigenvalue weighted by atomic mass is 35.5. The van der Waals surface area contributed by atoms with Crippen LogP contribution < -0.4 is 0 Å². The predicted molar refractivity (Wildman–Crippen MR) is 104 cm³/mol. The van der Waals surface area contributed by atoms with Gasteiger partial charge in [0.05, 0.1) is 11.3 Å². The first-order valence-electron chi connectivity index (χ1n) is 9.62. The summed E-state index contributed by atoms with van der Waals surface area (Å²) in [6.45, 7) is 4.18. The minimum atomic E-state index is -0.264. The van der Waals surface area contributed by atoms with Crippen LogP contribution in [0.1, 0.15) is 77.2 Å². The van der Waals surface area contributed by atoms with Crippen LogP contribution in [0.2, 0.25) is 5.02 Å². The van der Waals surface area contributed by atoms with Gasteiger partial charge in [0, 0.05) is 17.9 Å². The third kappa shape index (κ3) is 4.63. The topological polar surface area (TPSA) is 32.7 Å². The lowest BCUT2D eigenvalue weighted by molar-refractivity contribution is -0.135. The Hall–Kier alpha value is -1.35. The summed E-state index contributed by atoms with van der Waals surface area (Å²) in [6.07, 6.45) is 10.4. The van der Waals surface area contributed by atoms with Gasteiger partial charge in [-0.15, -0.1) is 0 Å². The van der Waals surface area contributed by atoms with E-state index in [1.165, 1.54) is 38.5 Å². The second kappa shape index (κ2) is 7.90. The fourth-order valence-corrected chi connectivity index (χ4v) is 4.31. The molecule has 0 N–H and O–H groups in total. The van der Waals surface area contributed by atoms with E-state index in [1.807, 2.05) is 24.3 Å². The van der Waals surface area contributed by atoms with Crippen molar-refractivity contribution in [2.45, 2.75) is 77.2 Å². The third-order valence-electron chi connectivity index (χ3n) is 5.52. The van der Waals surface area contributed by atoms with Crippen molar-refractivity contribution in [3.63, 3.8) is 0 Å². The molecule has 1 amide bonds. The second-order valence-electron chi connectivity index (χ2n) is 8.15. The molecule has 2 aliphatic rings. The Bertz CT molecular complexity index is 647. The van der Waals surface area contributed by atoms with Crippen LogP contribution in [0.5, 0.6) is 0 Å². The largest absolute Gasteiger partial charge is 0.273 e. The Morgan fingerprint density at radius 3 is 2.76 bits per heavy atom. The summed E-state index contributed by atoms with van der Waals surface area (Å²) in [6, 6.07) is 7.73. The Morgan fingerprint density at radius 1 is 1.28 bits per heavy atom. The van der Waals surface area contributed by atoms with Crippen molar-refractivity contribution in [1.29, 1.82) is 0 Å². The van der Waals surface area contributed by atoms with Gasteiger partial charge in [0.15, 0.2) is 0 Å². The molecule has 1 aliphatic heterocycles. The number of carbonyl (C=O) groups excluding carboxylic acids is 1. The zero-order valence-electron chi connectivity index (χ0n) is 15.4. The molecule has 0 spiro atoms. The van der Waals surface area contributed by atoms with Crippen LogP contribution in [0.3, 0.4) is 0 Å². The minimum Gasteiger partial charge on any atom is -0.273 e. The fourth-order valence-electron chi connectivity index (χ4n) is 4.12. The van der Waals surface area contributed by atoms with Crippen LogP contribution >= 0.6 is 11.6 Å². The standard InChI is InChI=1S/C21H29ClN2O/c1-21(2)15-19(17-11-7-12-18(22)14-17)23-24(21)20(25)13-6-10-16-8-4-3-5-9-16/h7,11-12,14,16H,3-6,8-10,13,15H2,1-2H3. The molecule has 3 rings (SSSR count). The highest BCUT2D eigenvalue weighted by Gasteiger charge is 2.38. The quantitative estimate of drug-likeness (QED) is 0.652. The lowest BCUT2D eigenvalue weighted by atomic mass is 9.86. The second-order valence-corrected chi connectivity index (χ2v) is 8.58. The van der Waals surface area contributed by atoms with Crippen LogP contribution in [0, 0.1) is 5.92 Å². The molecule has 3 nitrogen and oxygen atoms in total. The molecule has 136 valence electrons. The van der Waals surface area contributed by atoms with Crippen LogP contribution in [0.25, 0.3) is 0 Å². The summed E-state index contributed by atoms with van der Waals surface area (Å²) < 4.78 is 0. The van der Waals surface area contributed by atoms with Gasteiger partial charge in [-0.05, 0) is 50.3 Å². The molecule has 0 radical (unpaired) electrons. The number of hydrazone groups is 1. The van der Waals surface area contributed by atoms with Gasteiger partial charge in [0.25, 0.3) is 0 Å². The molecule has 1 aromatic carbocycles. The molecule has 1 aromatic rings. The number of carbonyl (C=O) groups is 1. The van der Waals surface area contributed by atoms with Gasteiger partial charge in [-0.2, -0.15) is 5.10 Å². The maximum atomic E-state index is 12.7. The maximum Gasteiger partial charge on any atom is 0.243 e. The zero-order valence-corrected chi connectivity index (χ0v) is 16.2. The molecule has 0 atom stereocenters. The van der Waals surface area contributed by atoms with Gasteiger partial charge in [0.1, 0.15) is 0 Å². The van der Waals surface area contributed by atoms with E-state index in [1.54, 1.807) is 5.01 Å². The molecule has 0 aromatic heterocycles. The molecule has 0 unspecified atom stereocenters. The average Bonchev–Trinajstić information content (AvgIpc) is 2.91. The normalized spacial score (nSPS) is 20.6. The van der Waals surface area contributed by atoms with E-state index in [0.717, 1.165) is 30.0 Å². The van der Waals surface area contributed by atoms with Gasteiger partial charge in [-0.3, -0.25) is 4.79 Å². The molecule has 1 saturated carbocycles. The van der Waals surface area contributed by atoms with Gasteiger partial charge >= 0.3 is 0 Å². The first kappa shape index (κ1) is 18.4. The molecule has 1 heterocycles. The maximum absolute atomic E-state index is 12.7. The molecule has 1 fully saturated rings. The van der Waals surface area contributed by atoms with Crippen molar-refractivity contribution < 1.29 is 4.79 Å². The molecule has 0 saturated heterocycles. The molecule has 4 heteroatoms. The van der Waals surface area contributed by atoms with E-state index >= 15 is 0 Å². The van der Waals surface area contributed by atoms with Crippen LogP contribution in [0.15, 0.2) is 29.4 Å². The predicted octanol–water partition coefficient (Wildman–Crippen LogP) is 5.81. The average molecular weight is 361 g/mol. The number of amides is 1. The monoisotopic (exact) mass is 360 g/mol. The summed E-state index contributed by atoms with van der Waals surface area (Å²) in [7, 11) is 0. The van der Waals surface area contributed by atoms with Gasteiger partial charge in [-0.1, -0.05) is 55.8 Å². The van der Waals surface area contributed by atoms with Crippen molar-refractivity contribution in [3.8, 4) is 0 Å². The molecule has 0 bridgehead atoms. The summed E-state index contributed by atoms with van der Waals surface area (Å²) in [4.78, 5) is 12.7. The SMILES string of the molecule is CC1(C)CC(c2cccc(Cl)c2)=NN1C(=O)CCCC1CCCCC1. The van der Waals surface area contributed by atoms with E-state index in [2.05, 4.69) is 18.9 Å². The lowest BCUT2D eigenvalue weighted by Gasteiger charge is -2.29. The van der Waals surface area contributed by atoms with E-state index < -0.39 is 0 Å². The van der Waals surface area contributed by atoms with Crippen LogP contribution in [-0.2, 0) is 4.79 Å². The van der Waals surface area contributed by atoms with E-state index in [-0.39, 0.29) is 11.4 Å². The van der Waals surface area contributed by atoms with Crippen LogP contribution in [-0.4, -0.2) is 22.2 Å². The van der Waals surface area contributed by atoms with Gasteiger partial charge in [-0.25, -0.2) is 5.01 Å². The fraction of sp³-hybridized carbons (Fsp3) is 0.619. The molecular weight excluding hydrogens is 332 g/mol.